The maximum absolute atomic E-state index is 12.4. The molecular weight excluding hydrogens is 280 g/mol. The number of benzene rings is 1. The lowest BCUT2D eigenvalue weighted by Crippen LogP contribution is -2.32. The Morgan fingerprint density at radius 1 is 1.32 bits per heavy atom. The molecule has 1 unspecified atom stereocenters. The summed E-state index contributed by atoms with van der Waals surface area (Å²) in [6.07, 6.45) is 4.50. The Balaban J connectivity index is 1.84. The van der Waals surface area contributed by atoms with Crippen LogP contribution >= 0.6 is 0 Å². The van der Waals surface area contributed by atoms with Gasteiger partial charge in [-0.15, -0.1) is 0 Å². The summed E-state index contributed by atoms with van der Waals surface area (Å²) in [7, 11) is 1.84. The molecule has 1 aromatic heterocycles. The van der Waals surface area contributed by atoms with Crippen molar-refractivity contribution in [1.82, 2.24) is 9.88 Å². The van der Waals surface area contributed by atoms with Gasteiger partial charge in [0.25, 0.3) is 5.91 Å². The molecule has 3 rings (SSSR count). The molecule has 0 radical (unpaired) electrons. The molecule has 22 heavy (non-hydrogen) atoms. The highest BCUT2D eigenvalue weighted by molar-refractivity contribution is 5.93. The van der Waals surface area contributed by atoms with Gasteiger partial charge in [-0.2, -0.15) is 0 Å². The Labute approximate surface area is 128 Å². The number of hydrogen-bond donors (Lipinski definition) is 2. The number of aromatic nitrogens is 1. The van der Waals surface area contributed by atoms with Crippen LogP contribution in [0.3, 0.4) is 0 Å². The van der Waals surface area contributed by atoms with Crippen molar-refractivity contribution in [3.63, 3.8) is 0 Å². The van der Waals surface area contributed by atoms with E-state index >= 15 is 0 Å². The van der Waals surface area contributed by atoms with Gasteiger partial charge in [0.15, 0.2) is 0 Å². The van der Waals surface area contributed by atoms with Gasteiger partial charge in [-0.1, -0.05) is 6.07 Å². The number of carboxylic acids is 1. The number of carbonyl (C=O) groups is 2. The number of fused-ring (bicyclic) bond motifs is 1. The van der Waals surface area contributed by atoms with Gasteiger partial charge in [0, 0.05) is 13.2 Å². The van der Waals surface area contributed by atoms with E-state index in [1.54, 1.807) is 22.8 Å². The Morgan fingerprint density at radius 3 is 2.82 bits per heavy atom. The van der Waals surface area contributed by atoms with E-state index in [1.807, 2.05) is 25.4 Å². The molecule has 0 fully saturated rings. The van der Waals surface area contributed by atoms with Crippen molar-refractivity contribution in [1.29, 1.82) is 0 Å². The molecule has 0 saturated heterocycles. The zero-order valence-electron chi connectivity index (χ0n) is 12.4. The number of hydrogen-bond acceptors (Lipinski definition) is 2. The van der Waals surface area contributed by atoms with Crippen LogP contribution in [0.4, 0.5) is 0 Å². The van der Waals surface area contributed by atoms with Crippen LogP contribution in [0.5, 0.6) is 0 Å². The minimum atomic E-state index is -0.919. The molecule has 1 aliphatic rings. The van der Waals surface area contributed by atoms with Crippen molar-refractivity contribution in [2.24, 2.45) is 7.05 Å². The number of carboxylic acid groups (broad SMARTS) is 1. The fourth-order valence-corrected chi connectivity index (χ4v) is 3.03. The monoisotopic (exact) mass is 298 g/mol. The molecule has 114 valence electrons. The zero-order valence-corrected chi connectivity index (χ0v) is 12.4. The van der Waals surface area contributed by atoms with Crippen molar-refractivity contribution in [3.8, 4) is 0 Å². The van der Waals surface area contributed by atoms with Gasteiger partial charge in [-0.25, -0.2) is 4.79 Å². The van der Waals surface area contributed by atoms with Crippen LogP contribution in [-0.4, -0.2) is 21.6 Å². The quantitative estimate of drug-likeness (QED) is 0.914. The van der Waals surface area contributed by atoms with E-state index in [2.05, 4.69) is 5.32 Å². The SMILES string of the molecule is Cn1cccc1C(=O)NC1CCCc2cc(C(=O)O)ccc21. The van der Waals surface area contributed by atoms with Crippen molar-refractivity contribution in [3.05, 3.63) is 58.9 Å². The molecule has 0 aliphatic heterocycles. The van der Waals surface area contributed by atoms with Crippen molar-refractivity contribution < 1.29 is 14.7 Å². The van der Waals surface area contributed by atoms with Crippen LogP contribution in [0.1, 0.15) is 50.9 Å². The largest absolute Gasteiger partial charge is 0.478 e. The van der Waals surface area contributed by atoms with Crippen LogP contribution in [0, 0.1) is 0 Å². The zero-order chi connectivity index (χ0) is 15.7. The highest BCUT2D eigenvalue weighted by Gasteiger charge is 2.23. The molecule has 2 aromatic rings. The number of nitrogens with one attached hydrogen (secondary N) is 1. The third-order valence-electron chi connectivity index (χ3n) is 4.19. The molecule has 0 bridgehead atoms. The number of rotatable bonds is 3. The molecular formula is C17H18N2O3. The summed E-state index contributed by atoms with van der Waals surface area (Å²) in [5.74, 6) is -1.02. The van der Waals surface area contributed by atoms with E-state index in [-0.39, 0.29) is 11.9 Å². The highest BCUT2D eigenvalue weighted by atomic mass is 16.4. The minimum Gasteiger partial charge on any atom is -0.478 e. The first-order valence-electron chi connectivity index (χ1n) is 7.34. The van der Waals surface area contributed by atoms with Crippen LogP contribution in [0.2, 0.25) is 0 Å². The number of nitrogens with zero attached hydrogens (tertiary/aromatic N) is 1. The first kappa shape index (κ1) is 14.4. The number of aryl methyl sites for hydroxylation is 2. The van der Waals surface area contributed by atoms with Gasteiger partial charge in [-0.05, 0) is 54.7 Å². The van der Waals surface area contributed by atoms with E-state index < -0.39 is 5.97 Å². The predicted molar refractivity (Wildman–Crippen MR) is 82.0 cm³/mol. The van der Waals surface area contributed by atoms with E-state index in [0.29, 0.717) is 11.3 Å². The second kappa shape index (κ2) is 5.67. The lowest BCUT2D eigenvalue weighted by atomic mass is 9.86. The Bertz CT molecular complexity index is 733. The van der Waals surface area contributed by atoms with Gasteiger partial charge >= 0.3 is 5.97 Å². The van der Waals surface area contributed by atoms with E-state index in [1.165, 1.54) is 0 Å². The molecule has 2 N–H and O–H groups in total. The molecule has 0 saturated carbocycles. The second-order valence-electron chi connectivity index (χ2n) is 5.64. The van der Waals surface area contributed by atoms with Crippen LogP contribution < -0.4 is 5.32 Å². The maximum atomic E-state index is 12.4. The maximum Gasteiger partial charge on any atom is 0.335 e. The third kappa shape index (κ3) is 2.62. The Morgan fingerprint density at radius 2 is 2.14 bits per heavy atom. The molecule has 1 amide bonds. The first-order valence-corrected chi connectivity index (χ1v) is 7.34. The lowest BCUT2D eigenvalue weighted by Gasteiger charge is -2.26. The van der Waals surface area contributed by atoms with Gasteiger partial charge in [-0.3, -0.25) is 4.79 Å². The summed E-state index contributed by atoms with van der Waals surface area (Å²) in [5.41, 5.74) is 2.96. The highest BCUT2D eigenvalue weighted by Crippen LogP contribution is 2.30. The fourth-order valence-electron chi connectivity index (χ4n) is 3.03. The predicted octanol–water partition coefficient (Wildman–Crippen LogP) is 2.53. The molecule has 0 spiro atoms. The number of aromatic carboxylic acids is 1. The fraction of sp³-hybridized carbons (Fsp3) is 0.294. The smallest absolute Gasteiger partial charge is 0.335 e. The van der Waals surface area contributed by atoms with Crippen molar-refractivity contribution >= 4 is 11.9 Å². The third-order valence-corrected chi connectivity index (χ3v) is 4.19. The molecule has 5 heteroatoms. The van der Waals surface area contributed by atoms with Crippen LogP contribution in [-0.2, 0) is 13.5 Å². The molecule has 1 atom stereocenters. The normalized spacial score (nSPS) is 16.9. The van der Waals surface area contributed by atoms with Gasteiger partial charge < -0.3 is 15.0 Å². The Hall–Kier alpha value is -2.56. The van der Waals surface area contributed by atoms with Gasteiger partial charge in [0.1, 0.15) is 5.69 Å². The lowest BCUT2D eigenvalue weighted by molar-refractivity contribution is 0.0696. The molecule has 1 aromatic carbocycles. The Kier molecular flexibility index (Phi) is 3.71. The van der Waals surface area contributed by atoms with Gasteiger partial charge in [0.2, 0.25) is 0 Å². The molecule has 5 nitrogen and oxygen atoms in total. The van der Waals surface area contributed by atoms with Crippen molar-refractivity contribution in [2.45, 2.75) is 25.3 Å². The average molecular weight is 298 g/mol. The first-order chi connectivity index (χ1) is 10.6. The van der Waals surface area contributed by atoms with Gasteiger partial charge in [0.05, 0.1) is 11.6 Å². The summed E-state index contributed by atoms with van der Waals surface area (Å²) in [6.45, 7) is 0. The number of carbonyl (C=O) groups excluding carboxylic acids is 1. The second-order valence-corrected chi connectivity index (χ2v) is 5.64. The van der Waals surface area contributed by atoms with E-state index in [9.17, 15) is 9.59 Å². The summed E-state index contributed by atoms with van der Waals surface area (Å²) >= 11 is 0. The van der Waals surface area contributed by atoms with Crippen LogP contribution in [0.25, 0.3) is 0 Å². The van der Waals surface area contributed by atoms with E-state index in [0.717, 1.165) is 30.4 Å². The average Bonchev–Trinajstić information content (AvgIpc) is 2.93. The summed E-state index contributed by atoms with van der Waals surface area (Å²) in [5, 5.41) is 12.1. The molecule has 1 heterocycles. The summed E-state index contributed by atoms with van der Waals surface area (Å²) in [4.78, 5) is 23.4. The summed E-state index contributed by atoms with van der Waals surface area (Å²) < 4.78 is 1.78. The minimum absolute atomic E-state index is 0.0611. The summed E-state index contributed by atoms with van der Waals surface area (Å²) in [6, 6.07) is 8.71. The van der Waals surface area contributed by atoms with Crippen LogP contribution in [0.15, 0.2) is 36.5 Å². The molecule has 1 aliphatic carbocycles. The topological polar surface area (TPSA) is 71.3 Å². The standard InChI is InChI=1S/C17H18N2O3/c1-19-9-3-6-15(19)16(20)18-14-5-2-4-11-10-12(17(21)22)7-8-13(11)14/h3,6-10,14H,2,4-5H2,1H3,(H,18,20)(H,21,22). The number of amides is 1. The van der Waals surface area contributed by atoms with Crippen molar-refractivity contribution in [2.75, 3.05) is 0 Å². The van der Waals surface area contributed by atoms with E-state index in [4.69, 9.17) is 5.11 Å².